The van der Waals surface area contributed by atoms with Crippen molar-refractivity contribution in [2.24, 2.45) is 0 Å². The van der Waals surface area contributed by atoms with Crippen LogP contribution in [0.15, 0.2) is 47.1 Å². The van der Waals surface area contributed by atoms with Gasteiger partial charge in [0.1, 0.15) is 0 Å². The summed E-state index contributed by atoms with van der Waals surface area (Å²) >= 11 is 0. The Kier molecular flexibility index (Phi) is 5.83. The van der Waals surface area contributed by atoms with E-state index in [1.807, 2.05) is 12.1 Å². The first kappa shape index (κ1) is 17.1. The van der Waals surface area contributed by atoms with E-state index in [0.29, 0.717) is 11.4 Å². The summed E-state index contributed by atoms with van der Waals surface area (Å²) in [4.78, 5) is 0. The maximum absolute atomic E-state index is 5.87. The zero-order valence-electron chi connectivity index (χ0n) is 14.0. The standard InChI is InChI=1S/C19H28N2/c1-7-8-12(2)13(3)14(4)15(5)16(6)17-9-18(20)11-19(21)10-17/h9-11H,6-8,20-21H2,1-5H3/b13-12+,15-14+. The SMILES string of the molecule is C=C(/C(C)=C(C)/C(C)=C(\C)CCC)c1cc(N)cc(N)c1. The normalized spacial score (nSPS) is 13.6. The topological polar surface area (TPSA) is 52.0 Å². The Labute approximate surface area is 129 Å². The molecule has 114 valence electrons. The van der Waals surface area contributed by atoms with Crippen molar-refractivity contribution in [3.8, 4) is 0 Å². The molecular formula is C19H28N2. The van der Waals surface area contributed by atoms with E-state index in [2.05, 4.69) is 41.2 Å². The fourth-order valence-electron chi connectivity index (χ4n) is 2.46. The Hall–Kier alpha value is -1.96. The van der Waals surface area contributed by atoms with Gasteiger partial charge in [-0.3, -0.25) is 0 Å². The van der Waals surface area contributed by atoms with Gasteiger partial charge in [-0.15, -0.1) is 0 Å². The lowest BCUT2D eigenvalue weighted by Gasteiger charge is -2.15. The molecule has 0 fully saturated rings. The second-order valence-corrected chi connectivity index (χ2v) is 5.77. The largest absolute Gasteiger partial charge is 0.399 e. The van der Waals surface area contributed by atoms with Gasteiger partial charge in [0, 0.05) is 11.4 Å². The van der Waals surface area contributed by atoms with Crippen LogP contribution in [0.1, 0.15) is 53.0 Å². The van der Waals surface area contributed by atoms with Gasteiger partial charge in [-0.1, -0.05) is 25.5 Å². The lowest BCUT2D eigenvalue weighted by atomic mass is 9.91. The number of nitrogens with two attached hydrogens (primary N) is 2. The Morgan fingerprint density at radius 2 is 1.43 bits per heavy atom. The average Bonchev–Trinajstić information content (AvgIpc) is 2.43. The Morgan fingerprint density at radius 1 is 0.905 bits per heavy atom. The van der Waals surface area contributed by atoms with Crippen molar-refractivity contribution in [1.29, 1.82) is 0 Å². The average molecular weight is 284 g/mol. The van der Waals surface area contributed by atoms with Gasteiger partial charge < -0.3 is 11.5 Å². The van der Waals surface area contributed by atoms with Gasteiger partial charge in [-0.05, 0) is 80.2 Å². The van der Waals surface area contributed by atoms with Crippen LogP contribution < -0.4 is 11.5 Å². The van der Waals surface area contributed by atoms with Crippen molar-refractivity contribution in [2.75, 3.05) is 11.5 Å². The Balaban J connectivity index is 3.21. The number of anilines is 2. The number of nitrogen functional groups attached to an aromatic ring is 2. The second-order valence-electron chi connectivity index (χ2n) is 5.77. The third-order valence-corrected chi connectivity index (χ3v) is 4.17. The lowest BCUT2D eigenvalue weighted by Crippen LogP contribution is -1.96. The van der Waals surface area contributed by atoms with Crippen LogP contribution in [0, 0.1) is 0 Å². The molecule has 21 heavy (non-hydrogen) atoms. The minimum absolute atomic E-state index is 0.672. The maximum atomic E-state index is 5.87. The van der Waals surface area contributed by atoms with Gasteiger partial charge in [0.15, 0.2) is 0 Å². The molecule has 0 spiro atoms. The van der Waals surface area contributed by atoms with Crippen molar-refractivity contribution >= 4 is 16.9 Å². The summed E-state index contributed by atoms with van der Waals surface area (Å²) in [5, 5.41) is 0. The van der Waals surface area contributed by atoms with Crippen LogP contribution in [0.3, 0.4) is 0 Å². The minimum atomic E-state index is 0.672. The number of benzene rings is 1. The smallest absolute Gasteiger partial charge is 0.0340 e. The van der Waals surface area contributed by atoms with Gasteiger partial charge in [0.05, 0.1) is 0 Å². The fraction of sp³-hybridized carbons (Fsp3) is 0.368. The summed E-state index contributed by atoms with van der Waals surface area (Å²) in [7, 11) is 0. The highest BCUT2D eigenvalue weighted by molar-refractivity contribution is 5.81. The van der Waals surface area contributed by atoms with Gasteiger partial charge in [-0.2, -0.15) is 0 Å². The zero-order chi connectivity index (χ0) is 16.2. The number of rotatable bonds is 5. The fourth-order valence-corrected chi connectivity index (χ4v) is 2.46. The highest BCUT2D eigenvalue weighted by Crippen LogP contribution is 2.30. The summed E-state index contributed by atoms with van der Waals surface area (Å²) in [5.74, 6) is 0. The molecule has 0 aliphatic rings. The van der Waals surface area contributed by atoms with Crippen LogP contribution in [0.2, 0.25) is 0 Å². The highest BCUT2D eigenvalue weighted by Gasteiger charge is 2.09. The molecule has 0 amide bonds. The molecule has 1 rings (SSSR count). The van der Waals surface area contributed by atoms with E-state index >= 15 is 0 Å². The first-order valence-electron chi connectivity index (χ1n) is 7.47. The van der Waals surface area contributed by atoms with E-state index < -0.39 is 0 Å². The molecule has 0 saturated heterocycles. The van der Waals surface area contributed by atoms with Crippen molar-refractivity contribution in [2.45, 2.75) is 47.5 Å². The number of allylic oxidation sites excluding steroid dienone is 5. The summed E-state index contributed by atoms with van der Waals surface area (Å²) in [5.41, 5.74) is 20.3. The van der Waals surface area contributed by atoms with Gasteiger partial charge in [0.25, 0.3) is 0 Å². The van der Waals surface area contributed by atoms with E-state index in [-0.39, 0.29) is 0 Å². The highest BCUT2D eigenvalue weighted by atomic mass is 14.6. The molecule has 2 nitrogen and oxygen atoms in total. The Morgan fingerprint density at radius 3 is 1.90 bits per heavy atom. The summed E-state index contributed by atoms with van der Waals surface area (Å²) in [6, 6.07) is 5.61. The Bertz CT molecular complexity index is 584. The third kappa shape index (κ3) is 4.25. The van der Waals surface area contributed by atoms with E-state index in [1.165, 1.54) is 28.7 Å². The second kappa shape index (κ2) is 7.16. The van der Waals surface area contributed by atoms with Crippen LogP contribution in [0.4, 0.5) is 11.4 Å². The van der Waals surface area contributed by atoms with E-state index in [1.54, 1.807) is 6.07 Å². The van der Waals surface area contributed by atoms with Crippen LogP contribution in [-0.4, -0.2) is 0 Å². The molecule has 1 aromatic carbocycles. The predicted octanol–water partition coefficient (Wildman–Crippen LogP) is 5.34. The quantitative estimate of drug-likeness (QED) is 0.566. The van der Waals surface area contributed by atoms with Crippen LogP contribution in [0.5, 0.6) is 0 Å². The molecule has 0 saturated carbocycles. The van der Waals surface area contributed by atoms with Crippen molar-refractivity contribution < 1.29 is 0 Å². The van der Waals surface area contributed by atoms with E-state index in [4.69, 9.17) is 11.5 Å². The van der Waals surface area contributed by atoms with E-state index in [0.717, 1.165) is 17.6 Å². The van der Waals surface area contributed by atoms with Crippen molar-refractivity contribution in [3.63, 3.8) is 0 Å². The first-order valence-corrected chi connectivity index (χ1v) is 7.47. The summed E-state index contributed by atoms with van der Waals surface area (Å²) < 4.78 is 0. The predicted molar refractivity (Wildman–Crippen MR) is 96.0 cm³/mol. The lowest BCUT2D eigenvalue weighted by molar-refractivity contribution is 0.891. The number of hydrogen-bond donors (Lipinski definition) is 2. The maximum Gasteiger partial charge on any atom is 0.0340 e. The molecule has 0 aliphatic carbocycles. The first-order chi connectivity index (χ1) is 9.77. The summed E-state index contributed by atoms with van der Waals surface area (Å²) in [6.45, 7) is 15.1. The van der Waals surface area contributed by atoms with Gasteiger partial charge in [-0.25, -0.2) is 0 Å². The molecule has 4 N–H and O–H groups in total. The molecule has 0 atom stereocenters. The van der Waals surface area contributed by atoms with Crippen molar-refractivity contribution in [3.05, 3.63) is 52.6 Å². The molecule has 2 heteroatoms. The van der Waals surface area contributed by atoms with Gasteiger partial charge in [0.2, 0.25) is 0 Å². The molecular weight excluding hydrogens is 256 g/mol. The molecule has 0 heterocycles. The number of hydrogen-bond acceptors (Lipinski definition) is 2. The molecule has 0 bridgehead atoms. The molecule has 1 aromatic rings. The van der Waals surface area contributed by atoms with Gasteiger partial charge >= 0.3 is 0 Å². The van der Waals surface area contributed by atoms with E-state index in [9.17, 15) is 0 Å². The van der Waals surface area contributed by atoms with Crippen molar-refractivity contribution in [1.82, 2.24) is 0 Å². The third-order valence-electron chi connectivity index (χ3n) is 4.17. The zero-order valence-corrected chi connectivity index (χ0v) is 14.0. The minimum Gasteiger partial charge on any atom is -0.399 e. The molecule has 0 aromatic heterocycles. The van der Waals surface area contributed by atoms with Crippen LogP contribution >= 0.6 is 0 Å². The van der Waals surface area contributed by atoms with Crippen LogP contribution in [0.25, 0.3) is 5.57 Å². The molecule has 0 aliphatic heterocycles. The molecule has 0 radical (unpaired) electrons. The molecule has 0 unspecified atom stereocenters. The van der Waals surface area contributed by atoms with Crippen LogP contribution in [-0.2, 0) is 0 Å². The summed E-state index contributed by atoms with van der Waals surface area (Å²) in [6.07, 6.45) is 2.30. The monoisotopic (exact) mass is 284 g/mol.